The predicted molar refractivity (Wildman–Crippen MR) is 144 cm³/mol. The lowest BCUT2D eigenvalue weighted by atomic mass is 10.1. The number of amides is 2. The number of carbonyl (C=O) groups excluding carboxylic acids is 2. The molecule has 4 rings (SSSR count). The maximum Gasteiger partial charge on any atom is 0.245 e. The van der Waals surface area contributed by atoms with Gasteiger partial charge in [0, 0.05) is 55.4 Å². The molecule has 11 heteroatoms. The quantitative estimate of drug-likeness (QED) is 0.317. The molecular formula is C26H38N6O4S. The molecule has 202 valence electrons. The van der Waals surface area contributed by atoms with Crippen molar-refractivity contribution < 1.29 is 18.0 Å². The molecule has 3 heterocycles. The summed E-state index contributed by atoms with van der Waals surface area (Å²) in [4.78, 5) is 29.9. The highest BCUT2D eigenvalue weighted by Gasteiger charge is 2.39. The number of hydrogen-bond acceptors (Lipinski definition) is 5. The van der Waals surface area contributed by atoms with E-state index in [1.807, 2.05) is 23.1 Å². The molecule has 1 aromatic heterocycles. The van der Waals surface area contributed by atoms with Crippen LogP contribution in [-0.4, -0.2) is 78.4 Å². The topological polar surface area (TPSA) is 142 Å². The van der Waals surface area contributed by atoms with Gasteiger partial charge >= 0.3 is 0 Å². The first-order valence-corrected chi connectivity index (χ1v) is 15.0. The average molecular weight is 531 g/mol. The number of nitrogens with one attached hydrogen (secondary N) is 2. The normalized spacial score (nSPS) is 20.2. The van der Waals surface area contributed by atoms with E-state index in [0.29, 0.717) is 25.1 Å². The lowest BCUT2D eigenvalue weighted by Crippen LogP contribution is -2.49. The van der Waals surface area contributed by atoms with Crippen LogP contribution in [0.5, 0.6) is 0 Å². The molecule has 0 bridgehead atoms. The van der Waals surface area contributed by atoms with Crippen LogP contribution in [0.2, 0.25) is 0 Å². The van der Waals surface area contributed by atoms with Crippen LogP contribution in [0.1, 0.15) is 56.7 Å². The number of aromatic nitrogens is 1. The summed E-state index contributed by atoms with van der Waals surface area (Å²) in [6.45, 7) is 4.19. The fourth-order valence-corrected chi connectivity index (χ4v) is 6.27. The Bertz CT molecular complexity index is 1290. The number of hydrogen-bond donors (Lipinski definition) is 3. The zero-order chi connectivity index (χ0) is 26.7. The molecule has 2 atom stereocenters. The number of nitrogens with two attached hydrogens (primary N) is 1. The molecule has 2 aromatic rings. The van der Waals surface area contributed by atoms with Gasteiger partial charge in [0.05, 0.1) is 6.26 Å². The highest BCUT2D eigenvalue weighted by Crippen LogP contribution is 2.29. The number of nitrogen functional groups attached to an aromatic ring is 1. The fraction of sp³-hybridized carbons (Fsp3) is 0.577. The van der Waals surface area contributed by atoms with Crippen molar-refractivity contribution in [2.45, 2.75) is 70.5 Å². The second-order valence-corrected chi connectivity index (χ2v) is 11.9. The van der Waals surface area contributed by atoms with Crippen molar-refractivity contribution in [2.75, 3.05) is 25.9 Å². The van der Waals surface area contributed by atoms with Gasteiger partial charge in [-0.05, 0) is 63.0 Å². The highest BCUT2D eigenvalue weighted by molar-refractivity contribution is 7.88. The van der Waals surface area contributed by atoms with Gasteiger partial charge in [0.15, 0.2) is 0 Å². The molecule has 1 aromatic carbocycles. The Hall–Kier alpha value is -2.92. The molecule has 37 heavy (non-hydrogen) atoms. The monoisotopic (exact) mass is 530 g/mol. The second kappa shape index (κ2) is 11.2. The summed E-state index contributed by atoms with van der Waals surface area (Å²) in [6.07, 6.45) is 6.12. The van der Waals surface area contributed by atoms with E-state index in [9.17, 15) is 18.0 Å². The molecular weight excluding hydrogens is 492 g/mol. The zero-order valence-electron chi connectivity index (χ0n) is 21.7. The Morgan fingerprint density at radius 2 is 1.86 bits per heavy atom. The summed E-state index contributed by atoms with van der Waals surface area (Å²) >= 11 is 0. The molecule has 0 saturated carbocycles. The van der Waals surface area contributed by atoms with E-state index in [1.54, 1.807) is 4.90 Å². The van der Waals surface area contributed by atoms with Gasteiger partial charge in [-0.1, -0.05) is 12.1 Å². The first-order chi connectivity index (χ1) is 17.6. The number of amidine groups is 1. The lowest BCUT2D eigenvalue weighted by Gasteiger charge is -2.31. The van der Waals surface area contributed by atoms with Crippen molar-refractivity contribution in [2.24, 2.45) is 5.73 Å². The molecule has 0 aliphatic carbocycles. The van der Waals surface area contributed by atoms with Crippen LogP contribution in [0.15, 0.2) is 24.3 Å². The smallest absolute Gasteiger partial charge is 0.245 e. The van der Waals surface area contributed by atoms with Crippen LogP contribution in [0.25, 0.3) is 10.9 Å². The minimum absolute atomic E-state index is 0.0200. The third kappa shape index (κ3) is 6.15. The molecule has 0 radical (unpaired) electrons. The molecule has 2 amide bonds. The zero-order valence-corrected chi connectivity index (χ0v) is 22.5. The summed E-state index contributed by atoms with van der Waals surface area (Å²) in [6, 6.07) is 7.70. The SMILES string of the molecule is CCn1c(CC[C@@H]2CCCN2C(=O)[C@H]2CCCN2C(=O)CCNS(C)(=O)=O)cc2ccc(C(=N)N)cc21. The minimum Gasteiger partial charge on any atom is -0.384 e. The van der Waals surface area contributed by atoms with E-state index >= 15 is 0 Å². The second-order valence-electron chi connectivity index (χ2n) is 10.1. The van der Waals surface area contributed by atoms with E-state index in [1.165, 1.54) is 5.69 Å². The van der Waals surface area contributed by atoms with Crippen molar-refractivity contribution in [1.29, 1.82) is 5.41 Å². The van der Waals surface area contributed by atoms with Crippen LogP contribution in [0, 0.1) is 5.41 Å². The highest BCUT2D eigenvalue weighted by atomic mass is 32.2. The Balaban J connectivity index is 1.41. The van der Waals surface area contributed by atoms with E-state index < -0.39 is 16.1 Å². The van der Waals surface area contributed by atoms with Crippen molar-refractivity contribution in [1.82, 2.24) is 19.1 Å². The van der Waals surface area contributed by atoms with Crippen LogP contribution in [-0.2, 0) is 32.6 Å². The Kier molecular flexibility index (Phi) is 8.23. The van der Waals surface area contributed by atoms with Gasteiger partial charge in [0.2, 0.25) is 21.8 Å². The van der Waals surface area contributed by atoms with Gasteiger partial charge in [-0.3, -0.25) is 15.0 Å². The lowest BCUT2D eigenvalue weighted by molar-refractivity contribution is -0.144. The van der Waals surface area contributed by atoms with Crippen molar-refractivity contribution in [3.63, 3.8) is 0 Å². The summed E-state index contributed by atoms with van der Waals surface area (Å²) in [7, 11) is -3.36. The van der Waals surface area contributed by atoms with Gasteiger partial charge < -0.3 is 20.1 Å². The third-order valence-corrected chi connectivity index (χ3v) is 8.30. The molecule has 0 unspecified atom stereocenters. The molecule has 4 N–H and O–H groups in total. The maximum absolute atomic E-state index is 13.6. The third-order valence-electron chi connectivity index (χ3n) is 7.57. The molecule has 2 fully saturated rings. The van der Waals surface area contributed by atoms with E-state index in [0.717, 1.165) is 55.8 Å². The summed E-state index contributed by atoms with van der Waals surface area (Å²) in [5.74, 6) is -0.106. The molecule has 2 aliphatic rings. The number of benzene rings is 1. The average Bonchev–Trinajstić information content (AvgIpc) is 3.58. The van der Waals surface area contributed by atoms with Crippen LogP contribution in [0.3, 0.4) is 0 Å². The van der Waals surface area contributed by atoms with E-state index in [2.05, 4.69) is 22.3 Å². The molecule has 2 aliphatic heterocycles. The minimum atomic E-state index is -3.36. The Labute approximate surface area is 218 Å². The molecule has 0 spiro atoms. The number of nitrogens with zero attached hydrogens (tertiary/aromatic N) is 3. The number of rotatable bonds is 10. The Morgan fingerprint density at radius 1 is 1.14 bits per heavy atom. The summed E-state index contributed by atoms with van der Waals surface area (Å²) < 4.78 is 27.2. The Morgan fingerprint density at radius 3 is 2.57 bits per heavy atom. The van der Waals surface area contributed by atoms with Crippen molar-refractivity contribution in [3.8, 4) is 0 Å². The largest absolute Gasteiger partial charge is 0.384 e. The van der Waals surface area contributed by atoms with E-state index in [4.69, 9.17) is 11.1 Å². The van der Waals surface area contributed by atoms with Crippen molar-refractivity contribution in [3.05, 3.63) is 35.5 Å². The van der Waals surface area contributed by atoms with Gasteiger partial charge in [-0.2, -0.15) is 0 Å². The predicted octanol–water partition coefficient (Wildman–Crippen LogP) is 1.80. The number of aryl methyl sites for hydroxylation is 2. The van der Waals surface area contributed by atoms with Crippen LogP contribution < -0.4 is 10.5 Å². The molecule has 2 saturated heterocycles. The van der Waals surface area contributed by atoms with Gasteiger partial charge in [-0.15, -0.1) is 0 Å². The first kappa shape index (κ1) is 27.1. The van der Waals surface area contributed by atoms with Gasteiger partial charge in [0.25, 0.3) is 0 Å². The van der Waals surface area contributed by atoms with Crippen molar-refractivity contribution >= 4 is 38.6 Å². The fourth-order valence-electron chi connectivity index (χ4n) is 5.80. The summed E-state index contributed by atoms with van der Waals surface area (Å²) in [5, 5.41) is 8.87. The first-order valence-electron chi connectivity index (χ1n) is 13.1. The number of carbonyl (C=O) groups is 2. The number of sulfonamides is 1. The molecule has 10 nitrogen and oxygen atoms in total. The van der Waals surface area contributed by atoms with Crippen LogP contribution in [0.4, 0.5) is 0 Å². The number of fused-ring (bicyclic) bond motifs is 1. The number of likely N-dealkylation sites (tertiary alicyclic amines) is 2. The van der Waals surface area contributed by atoms with Gasteiger partial charge in [-0.25, -0.2) is 13.1 Å². The standard InChI is InChI=1S/C26H38N6O4S/c1-3-30-21(16-18-8-9-19(25(27)28)17-23(18)30)11-10-20-6-4-14-31(20)26(34)22-7-5-15-32(22)24(33)12-13-29-37(2,35)36/h8-9,16-17,20,22,29H,3-7,10-15H2,1-2H3,(H3,27,28)/t20-,22+/m0/s1. The van der Waals surface area contributed by atoms with E-state index in [-0.39, 0.29) is 36.7 Å². The van der Waals surface area contributed by atoms with Gasteiger partial charge in [0.1, 0.15) is 11.9 Å². The van der Waals surface area contributed by atoms with Crippen LogP contribution >= 0.6 is 0 Å². The maximum atomic E-state index is 13.6. The summed E-state index contributed by atoms with van der Waals surface area (Å²) in [5.41, 5.74) is 8.67.